The predicted molar refractivity (Wildman–Crippen MR) is 113 cm³/mol. The molecule has 4 aromatic rings. The number of benzene rings is 2. The molecule has 7 heteroatoms. The summed E-state index contributed by atoms with van der Waals surface area (Å²) in [5, 5.41) is 13.9. The van der Waals surface area contributed by atoms with Crippen LogP contribution in [0, 0.1) is 6.92 Å². The molecular formula is C22H22N4O2S. The molecule has 0 amide bonds. The SMILES string of the molecule is COc1ccccc1-c1nnc(SCc2cc(C)on2)n1CCc1ccccc1. The zero-order valence-corrected chi connectivity index (χ0v) is 17.2. The zero-order chi connectivity index (χ0) is 20.1. The second-order valence-corrected chi connectivity index (χ2v) is 7.55. The topological polar surface area (TPSA) is 66.0 Å². The van der Waals surface area contributed by atoms with Crippen molar-refractivity contribution < 1.29 is 9.26 Å². The van der Waals surface area contributed by atoms with E-state index in [2.05, 4.69) is 44.2 Å². The van der Waals surface area contributed by atoms with Crippen LogP contribution < -0.4 is 4.74 Å². The van der Waals surface area contributed by atoms with Crippen molar-refractivity contribution in [2.75, 3.05) is 7.11 Å². The van der Waals surface area contributed by atoms with E-state index in [0.717, 1.165) is 46.7 Å². The second-order valence-electron chi connectivity index (χ2n) is 6.61. The molecule has 0 bridgehead atoms. The van der Waals surface area contributed by atoms with Gasteiger partial charge in [-0.05, 0) is 31.0 Å². The highest BCUT2D eigenvalue weighted by atomic mass is 32.2. The summed E-state index contributed by atoms with van der Waals surface area (Å²) in [6, 6.07) is 20.3. The molecule has 0 saturated heterocycles. The Morgan fingerprint density at radius 1 is 1.03 bits per heavy atom. The number of methoxy groups -OCH3 is 1. The van der Waals surface area contributed by atoms with E-state index < -0.39 is 0 Å². The molecule has 6 nitrogen and oxygen atoms in total. The molecule has 0 fully saturated rings. The molecule has 148 valence electrons. The summed E-state index contributed by atoms with van der Waals surface area (Å²) in [6.07, 6.45) is 0.887. The van der Waals surface area contributed by atoms with Crippen molar-refractivity contribution in [1.29, 1.82) is 0 Å². The minimum absolute atomic E-state index is 0.673. The zero-order valence-electron chi connectivity index (χ0n) is 16.4. The molecule has 2 aromatic heterocycles. The first-order valence-electron chi connectivity index (χ1n) is 9.40. The fourth-order valence-electron chi connectivity index (χ4n) is 3.14. The Morgan fingerprint density at radius 2 is 1.83 bits per heavy atom. The van der Waals surface area contributed by atoms with E-state index in [-0.39, 0.29) is 0 Å². The first-order valence-corrected chi connectivity index (χ1v) is 10.4. The van der Waals surface area contributed by atoms with Gasteiger partial charge >= 0.3 is 0 Å². The third kappa shape index (κ3) is 4.51. The number of hydrogen-bond acceptors (Lipinski definition) is 6. The van der Waals surface area contributed by atoms with Crippen LogP contribution in [0.4, 0.5) is 0 Å². The van der Waals surface area contributed by atoms with Crippen molar-refractivity contribution >= 4 is 11.8 Å². The van der Waals surface area contributed by atoms with Crippen LogP contribution in [0.3, 0.4) is 0 Å². The van der Waals surface area contributed by atoms with Crippen LogP contribution in [-0.2, 0) is 18.7 Å². The molecule has 0 unspecified atom stereocenters. The molecule has 0 N–H and O–H groups in total. The molecule has 0 aliphatic rings. The Labute approximate surface area is 173 Å². The first-order chi connectivity index (χ1) is 14.2. The number of thioether (sulfide) groups is 1. The number of nitrogens with zero attached hydrogens (tertiary/aromatic N) is 4. The number of hydrogen-bond donors (Lipinski definition) is 0. The quantitative estimate of drug-likeness (QED) is 0.392. The molecule has 0 aliphatic carbocycles. The molecule has 29 heavy (non-hydrogen) atoms. The van der Waals surface area contributed by atoms with Gasteiger partial charge in [0.05, 0.1) is 18.4 Å². The Kier molecular flexibility index (Phi) is 5.95. The monoisotopic (exact) mass is 406 g/mol. The van der Waals surface area contributed by atoms with Crippen LogP contribution in [-0.4, -0.2) is 27.0 Å². The van der Waals surface area contributed by atoms with Gasteiger partial charge in [0.2, 0.25) is 0 Å². The largest absolute Gasteiger partial charge is 0.496 e. The number of para-hydroxylation sites is 1. The van der Waals surface area contributed by atoms with Gasteiger partial charge in [-0.15, -0.1) is 10.2 Å². The van der Waals surface area contributed by atoms with Gasteiger partial charge in [-0.1, -0.05) is 59.4 Å². The smallest absolute Gasteiger partial charge is 0.191 e. The van der Waals surface area contributed by atoms with Gasteiger partial charge in [0.25, 0.3) is 0 Å². The van der Waals surface area contributed by atoms with Gasteiger partial charge in [0, 0.05) is 18.4 Å². The standard InChI is InChI=1S/C22H22N4O2S/c1-16-14-18(25-28-16)15-29-22-24-23-21(19-10-6-7-11-20(19)27-2)26(22)13-12-17-8-4-3-5-9-17/h3-11,14H,12-13,15H2,1-2H3. The fourth-order valence-corrected chi connectivity index (χ4v) is 3.98. The summed E-state index contributed by atoms with van der Waals surface area (Å²) in [4.78, 5) is 0. The maximum atomic E-state index is 5.55. The minimum atomic E-state index is 0.673. The molecule has 0 aliphatic heterocycles. The van der Waals surface area contributed by atoms with Crippen LogP contribution >= 0.6 is 11.8 Å². The maximum absolute atomic E-state index is 5.55. The van der Waals surface area contributed by atoms with E-state index in [9.17, 15) is 0 Å². The number of rotatable bonds is 8. The predicted octanol–water partition coefficient (Wildman–Crippen LogP) is 4.79. The molecular weight excluding hydrogens is 384 g/mol. The Bertz CT molecular complexity index is 1080. The summed E-state index contributed by atoms with van der Waals surface area (Å²) in [5.74, 6) is 3.06. The lowest BCUT2D eigenvalue weighted by atomic mass is 10.1. The Balaban J connectivity index is 1.64. The third-order valence-electron chi connectivity index (χ3n) is 4.56. The number of aryl methyl sites for hydroxylation is 2. The van der Waals surface area contributed by atoms with E-state index in [1.54, 1.807) is 18.9 Å². The lowest BCUT2D eigenvalue weighted by molar-refractivity contribution is 0.393. The Morgan fingerprint density at radius 3 is 2.59 bits per heavy atom. The fraction of sp³-hybridized carbons (Fsp3) is 0.227. The van der Waals surface area contributed by atoms with E-state index in [1.807, 2.05) is 43.3 Å². The van der Waals surface area contributed by atoms with Crippen LogP contribution in [0.5, 0.6) is 5.75 Å². The van der Waals surface area contributed by atoms with Crippen LogP contribution in [0.1, 0.15) is 17.0 Å². The highest BCUT2D eigenvalue weighted by Gasteiger charge is 2.18. The van der Waals surface area contributed by atoms with Gasteiger partial charge in [-0.2, -0.15) is 0 Å². The molecule has 4 rings (SSSR count). The van der Waals surface area contributed by atoms with Crippen molar-refractivity contribution in [3.8, 4) is 17.1 Å². The van der Waals surface area contributed by atoms with Gasteiger partial charge in [-0.25, -0.2) is 0 Å². The van der Waals surface area contributed by atoms with Crippen molar-refractivity contribution in [1.82, 2.24) is 19.9 Å². The molecule has 0 atom stereocenters. The third-order valence-corrected chi connectivity index (χ3v) is 5.56. The van der Waals surface area contributed by atoms with Crippen LogP contribution in [0.2, 0.25) is 0 Å². The molecule has 0 spiro atoms. The van der Waals surface area contributed by atoms with Gasteiger partial charge in [0.1, 0.15) is 11.5 Å². The normalized spacial score (nSPS) is 11.0. The number of ether oxygens (including phenoxy) is 1. The first kappa shape index (κ1) is 19.3. The van der Waals surface area contributed by atoms with Crippen molar-refractivity contribution in [2.24, 2.45) is 0 Å². The lowest BCUT2D eigenvalue weighted by Crippen LogP contribution is -2.06. The average molecular weight is 407 g/mol. The maximum Gasteiger partial charge on any atom is 0.191 e. The highest BCUT2D eigenvalue weighted by molar-refractivity contribution is 7.98. The van der Waals surface area contributed by atoms with Gasteiger partial charge < -0.3 is 13.8 Å². The average Bonchev–Trinajstić information content (AvgIpc) is 3.37. The van der Waals surface area contributed by atoms with Gasteiger partial charge in [-0.3, -0.25) is 0 Å². The van der Waals surface area contributed by atoms with Crippen molar-refractivity contribution in [2.45, 2.75) is 30.8 Å². The van der Waals surface area contributed by atoms with Crippen LogP contribution in [0.15, 0.2) is 70.3 Å². The summed E-state index contributed by atoms with van der Waals surface area (Å²) < 4.78 is 12.9. The minimum Gasteiger partial charge on any atom is -0.496 e. The summed E-state index contributed by atoms with van der Waals surface area (Å²) in [7, 11) is 1.67. The van der Waals surface area contributed by atoms with Crippen molar-refractivity contribution in [3.63, 3.8) is 0 Å². The van der Waals surface area contributed by atoms with E-state index in [1.165, 1.54) is 5.56 Å². The number of aromatic nitrogens is 4. The summed E-state index contributed by atoms with van der Waals surface area (Å²) in [5.41, 5.74) is 3.10. The van der Waals surface area contributed by atoms with Gasteiger partial charge in [0.15, 0.2) is 11.0 Å². The van der Waals surface area contributed by atoms with E-state index >= 15 is 0 Å². The summed E-state index contributed by atoms with van der Waals surface area (Å²) in [6.45, 7) is 2.66. The molecule has 0 radical (unpaired) electrons. The second kappa shape index (κ2) is 8.96. The highest BCUT2D eigenvalue weighted by Crippen LogP contribution is 2.32. The lowest BCUT2D eigenvalue weighted by Gasteiger charge is -2.12. The molecule has 0 saturated carbocycles. The summed E-state index contributed by atoms with van der Waals surface area (Å²) >= 11 is 1.60. The van der Waals surface area contributed by atoms with E-state index in [0.29, 0.717) is 5.75 Å². The Hall–Kier alpha value is -3.06. The molecule has 2 heterocycles. The van der Waals surface area contributed by atoms with Crippen molar-refractivity contribution in [3.05, 3.63) is 77.7 Å². The van der Waals surface area contributed by atoms with E-state index in [4.69, 9.17) is 9.26 Å². The van der Waals surface area contributed by atoms with Crippen LogP contribution in [0.25, 0.3) is 11.4 Å². The molecule has 2 aromatic carbocycles.